The van der Waals surface area contributed by atoms with Crippen molar-refractivity contribution in [2.75, 3.05) is 0 Å². The summed E-state index contributed by atoms with van der Waals surface area (Å²) in [6.07, 6.45) is 2.89. The third-order valence-electron chi connectivity index (χ3n) is 3.95. The molecule has 0 spiro atoms. The Morgan fingerprint density at radius 3 is 2.48 bits per heavy atom. The number of pyridine rings is 1. The standard InChI is InChI=1S/C16H24N2O3/c1-15(2)10-13(11-16(3,4)18(15)20)21-14(19)9-12-7-5-6-8-17-12/h5-8,13,20H,9-11H2,1-4H3. The van der Waals surface area contributed by atoms with Crippen LogP contribution >= 0.6 is 0 Å². The van der Waals surface area contributed by atoms with E-state index in [-0.39, 0.29) is 18.5 Å². The molecule has 1 N–H and O–H groups in total. The topological polar surface area (TPSA) is 62.7 Å². The molecule has 116 valence electrons. The zero-order valence-corrected chi connectivity index (χ0v) is 13.2. The van der Waals surface area contributed by atoms with E-state index >= 15 is 0 Å². The van der Waals surface area contributed by atoms with Gasteiger partial charge in [-0.3, -0.25) is 9.78 Å². The molecule has 1 aromatic heterocycles. The predicted octanol–water partition coefficient (Wildman–Crippen LogP) is 2.58. The molecule has 0 aliphatic carbocycles. The largest absolute Gasteiger partial charge is 0.462 e. The lowest BCUT2D eigenvalue weighted by molar-refractivity contribution is -0.259. The van der Waals surface area contributed by atoms with Gasteiger partial charge in [-0.25, -0.2) is 0 Å². The van der Waals surface area contributed by atoms with Crippen LogP contribution < -0.4 is 0 Å². The smallest absolute Gasteiger partial charge is 0.312 e. The van der Waals surface area contributed by atoms with E-state index in [0.717, 1.165) is 0 Å². The van der Waals surface area contributed by atoms with Crippen LogP contribution in [0.5, 0.6) is 0 Å². The van der Waals surface area contributed by atoms with Gasteiger partial charge < -0.3 is 9.94 Å². The molecule has 0 bridgehead atoms. The van der Waals surface area contributed by atoms with Crippen molar-refractivity contribution >= 4 is 5.97 Å². The van der Waals surface area contributed by atoms with E-state index in [2.05, 4.69) is 4.98 Å². The maximum Gasteiger partial charge on any atom is 0.312 e. The molecule has 0 unspecified atom stereocenters. The van der Waals surface area contributed by atoms with Crippen molar-refractivity contribution in [1.29, 1.82) is 0 Å². The Bertz CT molecular complexity index is 482. The Labute approximate surface area is 125 Å². The zero-order valence-electron chi connectivity index (χ0n) is 13.2. The molecule has 1 aliphatic rings. The average Bonchev–Trinajstić information content (AvgIpc) is 2.36. The van der Waals surface area contributed by atoms with Crippen LogP contribution in [0.4, 0.5) is 0 Å². The second-order valence-electron chi connectivity index (χ2n) is 6.95. The number of carbonyl (C=O) groups is 1. The monoisotopic (exact) mass is 292 g/mol. The first-order valence-corrected chi connectivity index (χ1v) is 7.29. The average molecular weight is 292 g/mol. The number of aromatic nitrogens is 1. The number of hydroxylamine groups is 2. The molecule has 0 atom stereocenters. The number of hydrogen-bond donors (Lipinski definition) is 1. The van der Waals surface area contributed by atoms with Gasteiger partial charge in [-0.15, -0.1) is 0 Å². The normalized spacial score (nSPS) is 22.0. The molecule has 5 heteroatoms. The molecule has 21 heavy (non-hydrogen) atoms. The van der Waals surface area contributed by atoms with Crippen molar-refractivity contribution in [2.24, 2.45) is 0 Å². The first-order valence-electron chi connectivity index (χ1n) is 7.29. The Morgan fingerprint density at radius 1 is 1.33 bits per heavy atom. The molecule has 1 fully saturated rings. The Balaban J connectivity index is 1.98. The second kappa shape index (κ2) is 5.73. The highest BCUT2D eigenvalue weighted by atomic mass is 16.5. The van der Waals surface area contributed by atoms with E-state index in [1.165, 1.54) is 5.06 Å². The Morgan fingerprint density at radius 2 is 1.95 bits per heavy atom. The molecule has 0 saturated carbocycles. The third-order valence-corrected chi connectivity index (χ3v) is 3.95. The van der Waals surface area contributed by atoms with Gasteiger partial charge in [-0.05, 0) is 39.8 Å². The number of piperidine rings is 1. The molecule has 1 aliphatic heterocycles. The van der Waals surface area contributed by atoms with Crippen LogP contribution in [0.3, 0.4) is 0 Å². The third kappa shape index (κ3) is 3.80. The minimum absolute atomic E-state index is 0.182. The number of hydrogen-bond acceptors (Lipinski definition) is 5. The van der Waals surface area contributed by atoms with Crippen LogP contribution in [0.2, 0.25) is 0 Å². The Hall–Kier alpha value is -1.46. The van der Waals surface area contributed by atoms with Crippen molar-refractivity contribution in [2.45, 2.75) is 64.1 Å². The second-order valence-corrected chi connectivity index (χ2v) is 6.95. The van der Waals surface area contributed by atoms with Gasteiger partial charge in [0.15, 0.2) is 0 Å². The van der Waals surface area contributed by atoms with Gasteiger partial charge in [-0.1, -0.05) is 6.07 Å². The summed E-state index contributed by atoms with van der Waals surface area (Å²) in [5.74, 6) is -0.267. The summed E-state index contributed by atoms with van der Waals surface area (Å²) in [6, 6.07) is 5.48. The molecule has 2 rings (SSSR count). The van der Waals surface area contributed by atoms with Gasteiger partial charge in [0.1, 0.15) is 6.10 Å². The highest BCUT2D eigenvalue weighted by Crippen LogP contribution is 2.37. The summed E-state index contributed by atoms with van der Waals surface area (Å²) in [7, 11) is 0. The zero-order chi connectivity index (χ0) is 15.7. The Kier molecular flexibility index (Phi) is 4.35. The number of carbonyl (C=O) groups excluding carboxylic acids is 1. The highest BCUT2D eigenvalue weighted by Gasteiger charge is 2.46. The number of nitrogens with zero attached hydrogens (tertiary/aromatic N) is 2. The fraction of sp³-hybridized carbons (Fsp3) is 0.625. The quantitative estimate of drug-likeness (QED) is 0.868. The molecule has 0 amide bonds. The highest BCUT2D eigenvalue weighted by molar-refractivity contribution is 5.72. The van der Waals surface area contributed by atoms with Crippen molar-refractivity contribution in [3.8, 4) is 0 Å². The lowest BCUT2D eigenvalue weighted by Gasteiger charge is -2.50. The van der Waals surface area contributed by atoms with Gasteiger partial charge in [0.2, 0.25) is 0 Å². The maximum absolute atomic E-state index is 12.0. The van der Waals surface area contributed by atoms with E-state index in [9.17, 15) is 10.0 Å². The van der Waals surface area contributed by atoms with Crippen LogP contribution in [-0.4, -0.2) is 38.4 Å². The summed E-state index contributed by atoms with van der Waals surface area (Å²) in [4.78, 5) is 16.2. The SMILES string of the molecule is CC1(C)CC(OC(=O)Cc2ccccn2)CC(C)(C)N1O. The maximum atomic E-state index is 12.0. The van der Waals surface area contributed by atoms with Crippen LogP contribution in [0.25, 0.3) is 0 Å². The predicted molar refractivity (Wildman–Crippen MR) is 78.8 cm³/mol. The summed E-state index contributed by atoms with van der Waals surface area (Å²) in [6.45, 7) is 7.81. The minimum Gasteiger partial charge on any atom is -0.462 e. The number of esters is 1. The van der Waals surface area contributed by atoms with Crippen LogP contribution in [0.15, 0.2) is 24.4 Å². The summed E-state index contributed by atoms with van der Waals surface area (Å²) in [5, 5.41) is 11.6. The molecular formula is C16H24N2O3. The van der Waals surface area contributed by atoms with Gasteiger partial charge >= 0.3 is 5.97 Å². The van der Waals surface area contributed by atoms with Crippen LogP contribution in [-0.2, 0) is 16.0 Å². The van der Waals surface area contributed by atoms with Crippen molar-refractivity contribution in [3.05, 3.63) is 30.1 Å². The van der Waals surface area contributed by atoms with Crippen molar-refractivity contribution in [3.63, 3.8) is 0 Å². The van der Waals surface area contributed by atoms with Gasteiger partial charge in [0, 0.05) is 30.1 Å². The number of rotatable bonds is 3. The lowest BCUT2D eigenvalue weighted by Crippen LogP contribution is -2.60. The van der Waals surface area contributed by atoms with Crippen LogP contribution in [0.1, 0.15) is 46.2 Å². The van der Waals surface area contributed by atoms with Gasteiger partial charge in [0.05, 0.1) is 12.1 Å². The van der Waals surface area contributed by atoms with Gasteiger partial charge in [0.25, 0.3) is 0 Å². The summed E-state index contributed by atoms with van der Waals surface area (Å²) >= 11 is 0. The minimum atomic E-state index is -0.419. The molecule has 0 radical (unpaired) electrons. The van der Waals surface area contributed by atoms with E-state index in [1.54, 1.807) is 6.20 Å². The number of ether oxygens (including phenoxy) is 1. The molecule has 2 heterocycles. The first-order chi connectivity index (χ1) is 9.71. The fourth-order valence-corrected chi connectivity index (χ4v) is 3.14. The van der Waals surface area contributed by atoms with E-state index < -0.39 is 11.1 Å². The molecule has 0 aromatic carbocycles. The van der Waals surface area contributed by atoms with Crippen molar-refractivity contribution < 1.29 is 14.7 Å². The molecule has 1 aromatic rings. The summed E-state index contributed by atoms with van der Waals surface area (Å²) < 4.78 is 5.60. The molecule has 5 nitrogen and oxygen atoms in total. The molecular weight excluding hydrogens is 268 g/mol. The van der Waals surface area contributed by atoms with Crippen molar-refractivity contribution in [1.82, 2.24) is 10.0 Å². The lowest BCUT2D eigenvalue weighted by atomic mass is 9.80. The van der Waals surface area contributed by atoms with Gasteiger partial charge in [-0.2, -0.15) is 5.06 Å². The first kappa shape index (κ1) is 15.9. The fourth-order valence-electron chi connectivity index (χ4n) is 3.14. The van der Waals surface area contributed by atoms with Crippen LogP contribution in [0, 0.1) is 0 Å². The van der Waals surface area contributed by atoms with E-state index in [4.69, 9.17) is 4.74 Å². The van der Waals surface area contributed by atoms with E-state index in [0.29, 0.717) is 18.5 Å². The van der Waals surface area contributed by atoms with E-state index in [1.807, 2.05) is 45.9 Å². The molecule has 1 saturated heterocycles. The summed E-state index contributed by atoms with van der Waals surface area (Å²) in [5.41, 5.74) is -0.129.